The number of benzene rings is 2. The Bertz CT molecular complexity index is 1460. The summed E-state index contributed by atoms with van der Waals surface area (Å²) in [6.45, 7) is 37.2. The van der Waals surface area contributed by atoms with E-state index < -0.39 is 69.7 Å². The Morgan fingerprint density at radius 2 is 0.702 bits per heavy atom. The van der Waals surface area contributed by atoms with Gasteiger partial charge < -0.3 is 34.3 Å². The average Bonchev–Trinajstić information content (AvgIpc) is 3.16. The van der Waals surface area contributed by atoms with Crippen LogP contribution in [-0.2, 0) is 47.1 Å². The first-order valence-electron chi connectivity index (χ1n) is 21.3. The van der Waals surface area contributed by atoms with Crippen LogP contribution in [0.25, 0.3) is 0 Å². The third kappa shape index (κ3) is 10.2. The molecular formula is C47H82O8P2. The Balaban J connectivity index is 4.05. The Kier molecular flexibility index (Phi) is 17.3. The molecular weight excluding hydrogens is 754 g/mol. The minimum absolute atomic E-state index is 0.240. The average molecular weight is 837 g/mol. The van der Waals surface area contributed by atoms with Crippen LogP contribution in [0.1, 0.15) is 208 Å². The van der Waals surface area contributed by atoms with Crippen LogP contribution < -0.4 is 0 Å². The third-order valence-electron chi connectivity index (χ3n) is 14.8. The lowest BCUT2D eigenvalue weighted by Crippen LogP contribution is -2.58. The molecule has 0 unspecified atom stereocenters. The predicted octanol–water partition coefficient (Wildman–Crippen LogP) is 11.5. The molecule has 0 atom stereocenters. The topological polar surface area (TPSA) is 140 Å². The van der Waals surface area contributed by atoms with E-state index in [1.807, 2.05) is 0 Å². The number of hydrogen-bond donors (Lipinski definition) is 6. The standard InChI is InChI=1S/C47H82O8P2/c1-19-40(7,8)32-25-34(42(11,12)21-3)38(35(26-32)43(13,14)22-4)47(55-57(52)53,46(29-48,30-49)31-54-56(50)51)39-36(44(15,16)23-5)27-33(41(9,10)20-2)28-37(39)45(17,18)24-6/h25-28,48-53H,19-24,29-31H2,1-18H3. The molecule has 0 aliphatic carbocycles. The lowest BCUT2D eigenvalue weighted by atomic mass is 9.54. The van der Waals surface area contributed by atoms with Crippen molar-refractivity contribution in [3.63, 3.8) is 0 Å². The van der Waals surface area contributed by atoms with Gasteiger partial charge in [-0.05, 0) is 116 Å². The van der Waals surface area contributed by atoms with Gasteiger partial charge in [-0.15, -0.1) is 0 Å². The lowest BCUT2D eigenvalue weighted by Gasteiger charge is -2.55. The molecule has 0 aliphatic heterocycles. The molecule has 0 saturated heterocycles. The molecule has 0 heterocycles. The van der Waals surface area contributed by atoms with Gasteiger partial charge in [0.1, 0.15) is 5.60 Å². The minimum Gasteiger partial charge on any atom is -0.395 e. The maximum Gasteiger partial charge on any atom is 0.328 e. The molecule has 6 N–H and O–H groups in total. The molecule has 8 nitrogen and oxygen atoms in total. The van der Waals surface area contributed by atoms with Gasteiger partial charge >= 0.3 is 17.2 Å². The summed E-state index contributed by atoms with van der Waals surface area (Å²) in [6.07, 6.45) is 4.55. The first-order valence-corrected chi connectivity index (χ1v) is 23.6. The van der Waals surface area contributed by atoms with E-state index in [4.69, 9.17) is 9.05 Å². The van der Waals surface area contributed by atoms with Crippen LogP contribution in [0.15, 0.2) is 24.3 Å². The van der Waals surface area contributed by atoms with E-state index >= 15 is 0 Å². The molecule has 0 spiro atoms. The molecule has 0 bridgehead atoms. The van der Waals surface area contributed by atoms with Crippen molar-refractivity contribution in [1.82, 2.24) is 0 Å². The van der Waals surface area contributed by atoms with Gasteiger partial charge in [0.05, 0.1) is 25.2 Å². The first kappa shape index (κ1) is 52.1. The van der Waals surface area contributed by atoms with E-state index in [9.17, 15) is 29.8 Å². The minimum atomic E-state index is -3.21. The second kappa shape index (κ2) is 18.9. The smallest absolute Gasteiger partial charge is 0.328 e. The molecule has 0 aliphatic rings. The van der Waals surface area contributed by atoms with E-state index in [2.05, 4.69) is 149 Å². The highest BCUT2D eigenvalue weighted by Gasteiger charge is 2.62. The molecule has 0 saturated carbocycles. The van der Waals surface area contributed by atoms with E-state index in [0.717, 1.165) is 46.2 Å². The molecule has 57 heavy (non-hydrogen) atoms. The predicted molar refractivity (Wildman–Crippen MR) is 240 cm³/mol. The van der Waals surface area contributed by atoms with Gasteiger partial charge in [-0.3, -0.25) is 4.52 Å². The molecule has 2 rings (SSSR count). The van der Waals surface area contributed by atoms with Crippen LogP contribution in [0.4, 0.5) is 0 Å². The maximum absolute atomic E-state index is 12.1. The van der Waals surface area contributed by atoms with Crippen LogP contribution in [0.3, 0.4) is 0 Å². The zero-order valence-electron chi connectivity index (χ0n) is 39.1. The van der Waals surface area contributed by atoms with Gasteiger partial charge in [0.2, 0.25) is 0 Å². The number of aliphatic hydroxyl groups excluding tert-OH is 2. The Hall–Kier alpha value is -1.02. The molecule has 0 radical (unpaired) electrons. The van der Waals surface area contributed by atoms with Crippen LogP contribution in [0, 0.1) is 5.41 Å². The highest BCUT2D eigenvalue weighted by atomic mass is 31.2. The van der Waals surface area contributed by atoms with Crippen molar-refractivity contribution >= 4 is 17.2 Å². The second-order valence-corrected chi connectivity index (χ2v) is 21.9. The summed E-state index contributed by atoms with van der Waals surface area (Å²) in [5.41, 5.74) is 0.547. The summed E-state index contributed by atoms with van der Waals surface area (Å²) in [4.78, 5) is 44.0. The summed E-state index contributed by atoms with van der Waals surface area (Å²) in [5, 5.41) is 24.2. The molecule has 0 amide bonds. The fourth-order valence-corrected chi connectivity index (χ4v) is 8.73. The van der Waals surface area contributed by atoms with Crippen LogP contribution in [0.5, 0.6) is 0 Å². The number of hydrogen-bond acceptors (Lipinski definition) is 8. The molecule has 328 valence electrons. The summed E-state index contributed by atoms with van der Waals surface area (Å²) in [7, 11) is -6.17. The zero-order chi connectivity index (χ0) is 44.4. The van der Waals surface area contributed by atoms with Gasteiger partial charge in [-0.25, -0.2) is 0 Å². The number of aliphatic hydroxyl groups is 2. The monoisotopic (exact) mass is 837 g/mol. The van der Waals surface area contributed by atoms with Crippen molar-refractivity contribution in [1.29, 1.82) is 0 Å². The van der Waals surface area contributed by atoms with Gasteiger partial charge in [0, 0.05) is 0 Å². The molecule has 2 aromatic carbocycles. The van der Waals surface area contributed by atoms with Crippen LogP contribution in [-0.4, -0.2) is 49.6 Å². The van der Waals surface area contributed by atoms with Crippen molar-refractivity contribution < 1.29 is 38.8 Å². The summed E-state index contributed by atoms with van der Waals surface area (Å²) in [5.74, 6) is 0. The highest BCUT2D eigenvalue weighted by Crippen LogP contribution is 2.63. The fourth-order valence-electron chi connectivity index (χ4n) is 7.74. The van der Waals surface area contributed by atoms with Gasteiger partial charge in [-0.1, -0.05) is 149 Å². The Morgan fingerprint density at radius 1 is 0.439 bits per heavy atom. The molecule has 0 aromatic heterocycles. The zero-order valence-corrected chi connectivity index (χ0v) is 40.9. The summed E-state index contributed by atoms with van der Waals surface area (Å²) in [6, 6.07) is 8.95. The maximum atomic E-state index is 12.1. The first-order chi connectivity index (χ1) is 26.0. The summed E-state index contributed by atoms with van der Waals surface area (Å²) < 4.78 is 12.8. The van der Waals surface area contributed by atoms with Crippen LogP contribution in [0.2, 0.25) is 0 Å². The third-order valence-corrected chi connectivity index (χ3v) is 15.6. The highest BCUT2D eigenvalue weighted by molar-refractivity contribution is 7.39. The van der Waals surface area contributed by atoms with E-state index in [1.54, 1.807) is 0 Å². The fraction of sp³-hybridized carbons (Fsp3) is 0.745. The Labute approximate surface area is 350 Å². The van der Waals surface area contributed by atoms with Gasteiger partial charge in [0.15, 0.2) is 0 Å². The largest absolute Gasteiger partial charge is 0.395 e. The van der Waals surface area contributed by atoms with Crippen molar-refractivity contribution in [2.24, 2.45) is 5.41 Å². The second-order valence-electron chi connectivity index (χ2n) is 20.5. The van der Waals surface area contributed by atoms with Crippen molar-refractivity contribution in [3.05, 3.63) is 68.8 Å². The van der Waals surface area contributed by atoms with E-state index in [0.29, 0.717) is 36.8 Å². The van der Waals surface area contributed by atoms with Gasteiger partial charge in [0.25, 0.3) is 0 Å². The molecule has 2 aromatic rings. The van der Waals surface area contributed by atoms with E-state index in [-0.39, 0.29) is 10.8 Å². The SMILES string of the molecule is CCC(C)(C)c1cc(C(C)(C)CC)c(C(OP(O)O)(c2c(C(C)(C)CC)cc(C(C)(C)CC)cc2C(C)(C)CC)C(CO)(CO)COP(O)O)c(C(C)(C)CC)c1. The van der Waals surface area contributed by atoms with E-state index in [1.165, 1.54) is 0 Å². The lowest BCUT2D eigenvalue weighted by molar-refractivity contribution is -0.123. The van der Waals surface area contributed by atoms with Crippen LogP contribution >= 0.6 is 17.2 Å². The molecule has 0 fully saturated rings. The van der Waals surface area contributed by atoms with Crippen molar-refractivity contribution in [3.8, 4) is 0 Å². The quantitative estimate of drug-likeness (QED) is 0.0644. The van der Waals surface area contributed by atoms with Gasteiger partial charge in [-0.2, -0.15) is 0 Å². The molecule has 10 heteroatoms. The van der Waals surface area contributed by atoms with Crippen molar-refractivity contribution in [2.75, 3.05) is 19.8 Å². The number of rotatable bonds is 22. The van der Waals surface area contributed by atoms with Crippen molar-refractivity contribution in [2.45, 2.75) is 201 Å². The summed E-state index contributed by atoms with van der Waals surface area (Å²) >= 11 is 0. The normalized spacial score (nSPS) is 14.4. The Morgan fingerprint density at radius 3 is 0.895 bits per heavy atom.